The minimum Gasteiger partial charge on any atom is -0.507 e. The molecule has 0 aromatic heterocycles. The van der Waals surface area contributed by atoms with Crippen LogP contribution in [0.3, 0.4) is 0 Å². The molecule has 0 aliphatic carbocycles. The number of methoxy groups -OCH3 is 1. The third kappa shape index (κ3) is 4.95. The molecule has 186 valence electrons. The van der Waals surface area contributed by atoms with Crippen molar-refractivity contribution in [2.75, 3.05) is 32.6 Å². The largest absolute Gasteiger partial charge is 0.507 e. The number of likely N-dealkylation sites (tertiary alicyclic amines) is 1. The number of ether oxygens (including phenoxy) is 1. The molecule has 1 atom stereocenters. The number of Topliss-reactive ketones (excluding diaryl/α,β-unsaturated/α-hetero) is 1. The molecule has 3 aromatic rings. The molecule has 7 heteroatoms. The van der Waals surface area contributed by atoms with Crippen molar-refractivity contribution in [3.63, 3.8) is 0 Å². The fourth-order valence-electron chi connectivity index (χ4n) is 4.49. The van der Waals surface area contributed by atoms with Crippen LogP contribution < -0.4 is 9.64 Å². The molecule has 4 rings (SSSR count). The van der Waals surface area contributed by atoms with Crippen molar-refractivity contribution >= 4 is 34.7 Å². The number of hydrogen-bond donors (Lipinski definition) is 1. The van der Waals surface area contributed by atoms with Crippen LogP contribution in [0.2, 0.25) is 5.02 Å². The highest BCUT2D eigenvalue weighted by Gasteiger charge is 2.46. The fourth-order valence-corrected chi connectivity index (χ4v) is 4.61. The van der Waals surface area contributed by atoms with Crippen LogP contribution in [0, 0.1) is 6.92 Å². The minimum absolute atomic E-state index is 0.0852. The Hall–Kier alpha value is -3.77. The maximum Gasteiger partial charge on any atom is 0.295 e. The number of halogens is 1. The maximum atomic E-state index is 13.3. The van der Waals surface area contributed by atoms with E-state index >= 15 is 0 Å². The van der Waals surface area contributed by atoms with Gasteiger partial charge in [-0.05, 0) is 72.5 Å². The standard InChI is InChI=1S/C29H29ClN2O4/c1-18-17-23(36-4)13-14-24(18)27(33)25-26(20-7-11-22(12-8-20)31(2)3)32(29(35)28(25)34)16-15-19-5-9-21(30)10-6-19/h5-14,17,26,33H,15-16H2,1-4H3/b27-25-. The molecule has 0 saturated carbocycles. The summed E-state index contributed by atoms with van der Waals surface area (Å²) >= 11 is 6.01. The van der Waals surface area contributed by atoms with Crippen molar-refractivity contribution in [3.05, 3.63) is 99.6 Å². The van der Waals surface area contributed by atoms with Crippen LogP contribution in [0.4, 0.5) is 5.69 Å². The van der Waals surface area contributed by atoms with Crippen LogP contribution in [-0.4, -0.2) is 49.4 Å². The molecular formula is C29H29ClN2O4. The van der Waals surface area contributed by atoms with E-state index in [1.165, 1.54) is 0 Å². The molecular weight excluding hydrogens is 476 g/mol. The summed E-state index contributed by atoms with van der Waals surface area (Å²) < 4.78 is 5.27. The number of hydrogen-bond acceptors (Lipinski definition) is 5. The number of aliphatic hydroxyl groups is 1. The number of amides is 1. The van der Waals surface area contributed by atoms with E-state index in [9.17, 15) is 14.7 Å². The summed E-state index contributed by atoms with van der Waals surface area (Å²) in [6, 6.07) is 19.6. The summed E-state index contributed by atoms with van der Waals surface area (Å²) in [7, 11) is 5.46. The Labute approximate surface area is 216 Å². The lowest BCUT2D eigenvalue weighted by Gasteiger charge is -2.26. The Balaban J connectivity index is 1.79. The van der Waals surface area contributed by atoms with E-state index in [1.807, 2.05) is 62.3 Å². The Bertz CT molecular complexity index is 1310. The number of carbonyl (C=O) groups excluding carboxylic acids is 2. The highest BCUT2D eigenvalue weighted by Crippen LogP contribution is 2.40. The van der Waals surface area contributed by atoms with Gasteiger partial charge < -0.3 is 19.6 Å². The quantitative estimate of drug-likeness (QED) is 0.265. The second-order valence-corrected chi connectivity index (χ2v) is 9.47. The van der Waals surface area contributed by atoms with Gasteiger partial charge in [-0.3, -0.25) is 9.59 Å². The lowest BCUT2D eigenvalue weighted by atomic mass is 9.93. The van der Waals surface area contributed by atoms with Crippen molar-refractivity contribution in [3.8, 4) is 5.75 Å². The van der Waals surface area contributed by atoms with E-state index in [2.05, 4.69) is 0 Å². The second-order valence-electron chi connectivity index (χ2n) is 9.04. The molecule has 0 bridgehead atoms. The Kier molecular flexibility index (Phi) is 7.36. The van der Waals surface area contributed by atoms with Gasteiger partial charge >= 0.3 is 0 Å². The van der Waals surface area contributed by atoms with E-state index in [4.69, 9.17) is 16.3 Å². The fraction of sp³-hybridized carbons (Fsp3) is 0.241. The van der Waals surface area contributed by atoms with E-state index in [1.54, 1.807) is 42.3 Å². The van der Waals surface area contributed by atoms with Crippen molar-refractivity contribution in [1.82, 2.24) is 4.90 Å². The zero-order valence-electron chi connectivity index (χ0n) is 20.8. The summed E-state index contributed by atoms with van der Waals surface area (Å²) in [5.41, 5.74) is 4.05. The number of benzene rings is 3. The summed E-state index contributed by atoms with van der Waals surface area (Å²) in [6.07, 6.45) is 0.540. The van der Waals surface area contributed by atoms with E-state index in [0.717, 1.165) is 22.4 Å². The zero-order chi connectivity index (χ0) is 26.0. The van der Waals surface area contributed by atoms with Crippen molar-refractivity contribution in [2.24, 2.45) is 0 Å². The van der Waals surface area contributed by atoms with E-state index < -0.39 is 17.7 Å². The number of ketones is 1. The average molecular weight is 505 g/mol. The van der Waals surface area contributed by atoms with Gasteiger partial charge in [0.25, 0.3) is 11.7 Å². The molecule has 1 N–H and O–H groups in total. The molecule has 0 spiro atoms. The molecule has 1 aliphatic rings. The summed E-state index contributed by atoms with van der Waals surface area (Å²) in [5, 5.41) is 12.0. The molecule has 1 aliphatic heterocycles. The summed E-state index contributed by atoms with van der Waals surface area (Å²) in [4.78, 5) is 30.1. The van der Waals surface area contributed by atoms with Gasteiger partial charge in [0, 0.05) is 36.9 Å². The van der Waals surface area contributed by atoms with Gasteiger partial charge in [-0.2, -0.15) is 0 Å². The second kappa shape index (κ2) is 10.5. The molecule has 1 saturated heterocycles. The maximum absolute atomic E-state index is 13.3. The van der Waals surface area contributed by atoms with Gasteiger partial charge in [-0.1, -0.05) is 35.9 Å². The molecule has 1 amide bonds. The van der Waals surface area contributed by atoms with Crippen LogP contribution in [0.5, 0.6) is 5.75 Å². The molecule has 36 heavy (non-hydrogen) atoms. The number of carbonyl (C=O) groups is 2. The van der Waals surface area contributed by atoms with E-state index in [0.29, 0.717) is 29.3 Å². The number of anilines is 1. The first kappa shape index (κ1) is 25.3. The van der Waals surface area contributed by atoms with Crippen LogP contribution in [0.1, 0.15) is 28.3 Å². The highest BCUT2D eigenvalue weighted by molar-refractivity contribution is 6.46. The predicted molar refractivity (Wildman–Crippen MR) is 143 cm³/mol. The number of rotatable bonds is 7. The van der Waals surface area contributed by atoms with Gasteiger partial charge in [0.1, 0.15) is 11.5 Å². The normalized spacial score (nSPS) is 16.9. The van der Waals surface area contributed by atoms with Gasteiger partial charge in [0.05, 0.1) is 18.7 Å². The average Bonchev–Trinajstić information content (AvgIpc) is 3.12. The van der Waals surface area contributed by atoms with Gasteiger partial charge in [-0.25, -0.2) is 0 Å². The smallest absolute Gasteiger partial charge is 0.295 e. The van der Waals surface area contributed by atoms with E-state index in [-0.39, 0.29) is 11.3 Å². The summed E-state index contributed by atoms with van der Waals surface area (Å²) in [6.45, 7) is 2.14. The molecule has 3 aromatic carbocycles. The number of aliphatic hydroxyl groups excluding tert-OH is 1. The SMILES string of the molecule is COc1ccc(/C(O)=C2/C(=O)C(=O)N(CCc3ccc(Cl)cc3)C2c2ccc(N(C)C)cc2)c(C)c1. The van der Waals surface area contributed by atoms with Gasteiger partial charge in [-0.15, -0.1) is 0 Å². The highest BCUT2D eigenvalue weighted by atomic mass is 35.5. The molecule has 1 heterocycles. The molecule has 0 radical (unpaired) electrons. The Morgan fingerprint density at radius 1 is 1.03 bits per heavy atom. The first-order valence-electron chi connectivity index (χ1n) is 11.7. The van der Waals surface area contributed by atoms with Crippen LogP contribution in [-0.2, 0) is 16.0 Å². The minimum atomic E-state index is -0.713. The monoisotopic (exact) mass is 504 g/mol. The molecule has 1 fully saturated rings. The first-order chi connectivity index (χ1) is 17.2. The Morgan fingerprint density at radius 3 is 2.28 bits per heavy atom. The predicted octanol–water partition coefficient (Wildman–Crippen LogP) is 5.39. The first-order valence-corrected chi connectivity index (χ1v) is 12.0. The number of aryl methyl sites for hydroxylation is 1. The molecule has 1 unspecified atom stereocenters. The summed E-state index contributed by atoms with van der Waals surface area (Å²) in [5.74, 6) is -0.869. The Morgan fingerprint density at radius 2 is 1.69 bits per heavy atom. The molecule has 6 nitrogen and oxygen atoms in total. The van der Waals surface area contributed by atoms with Gasteiger partial charge in [0.15, 0.2) is 0 Å². The number of nitrogens with zero attached hydrogens (tertiary/aromatic N) is 2. The van der Waals surface area contributed by atoms with Crippen molar-refractivity contribution < 1.29 is 19.4 Å². The topological polar surface area (TPSA) is 70.1 Å². The van der Waals surface area contributed by atoms with Crippen LogP contribution in [0.25, 0.3) is 5.76 Å². The zero-order valence-corrected chi connectivity index (χ0v) is 21.5. The van der Waals surface area contributed by atoms with Gasteiger partial charge in [0.2, 0.25) is 0 Å². The van der Waals surface area contributed by atoms with Crippen LogP contribution >= 0.6 is 11.6 Å². The van der Waals surface area contributed by atoms with Crippen molar-refractivity contribution in [2.45, 2.75) is 19.4 Å². The lowest BCUT2D eigenvalue weighted by Crippen LogP contribution is -2.31. The third-order valence-electron chi connectivity index (χ3n) is 6.51. The van der Waals surface area contributed by atoms with Crippen LogP contribution in [0.15, 0.2) is 72.3 Å². The third-order valence-corrected chi connectivity index (χ3v) is 6.76. The lowest BCUT2D eigenvalue weighted by molar-refractivity contribution is -0.139. The van der Waals surface area contributed by atoms with Crippen molar-refractivity contribution in [1.29, 1.82) is 0 Å².